The average molecular weight is 309 g/mol. The van der Waals surface area contributed by atoms with Gasteiger partial charge in [0.05, 0.1) is 17.7 Å². The summed E-state index contributed by atoms with van der Waals surface area (Å²) in [6.07, 6.45) is 2.96. The van der Waals surface area contributed by atoms with Gasteiger partial charge in [-0.25, -0.2) is 0 Å². The minimum absolute atomic E-state index is 0.107. The molecule has 0 saturated carbocycles. The summed E-state index contributed by atoms with van der Waals surface area (Å²) in [5, 5.41) is 16.0. The van der Waals surface area contributed by atoms with E-state index in [4.69, 9.17) is 5.26 Å². The molecule has 1 atom stereocenters. The van der Waals surface area contributed by atoms with E-state index >= 15 is 0 Å². The van der Waals surface area contributed by atoms with Crippen LogP contribution in [0.5, 0.6) is 0 Å². The topological polar surface area (TPSA) is 74.0 Å². The van der Waals surface area contributed by atoms with Gasteiger partial charge in [-0.2, -0.15) is 10.4 Å². The summed E-state index contributed by atoms with van der Waals surface area (Å²) in [6, 6.07) is 12.0. The summed E-state index contributed by atoms with van der Waals surface area (Å²) in [5.41, 5.74) is 1.90. The largest absolute Gasteiger partial charge is 0.309 e. The number of carbonyl (C=O) groups excluding carboxylic acids is 1. The van der Waals surface area contributed by atoms with Gasteiger partial charge in [0.1, 0.15) is 0 Å². The molecule has 1 aliphatic heterocycles. The van der Waals surface area contributed by atoms with Crippen molar-refractivity contribution < 1.29 is 4.79 Å². The zero-order valence-electron chi connectivity index (χ0n) is 13.1. The van der Waals surface area contributed by atoms with Gasteiger partial charge in [0.15, 0.2) is 5.82 Å². The summed E-state index contributed by atoms with van der Waals surface area (Å²) in [7, 11) is 0. The predicted octanol–water partition coefficient (Wildman–Crippen LogP) is 2.16. The molecule has 0 unspecified atom stereocenters. The zero-order chi connectivity index (χ0) is 16.2. The maximum atomic E-state index is 11.1. The lowest BCUT2D eigenvalue weighted by Gasteiger charge is -2.16. The number of nitriles is 1. The molecule has 2 heterocycles. The van der Waals surface area contributed by atoms with Gasteiger partial charge in [-0.1, -0.05) is 12.1 Å². The lowest BCUT2D eigenvalue weighted by Crippen LogP contribution is -2.21. The molecule has 1 aromatic heterocycles. The van der Waals surface area contributed by atoms with E-state index in [0.717, 1.165) is 26.1 Å². The van der Waals surface area contributed by atoms with Crippen molar-refractivity contribution in [2.24, 2.45) is 0 Å². The Balaban J connectivity index is 1.58. The third-order valence-electron chi connectivity index (χ3n) is 4.02. The van der Waals surface area contributed by atoms with Gasteiger partial charge in [0.2, 0.25) is 5.91 Å². The molecule has 0 spiro atoms. The molecule has 6 nitrogen and oxygen atoms in total. The fourth-order valence-electron chi connectivity index (χ4n) is 2.90. The number of rotatable bonds is 4. The van der Waals surface area contributed by atoms with Gasteiger partial charge in [0, 0.05) is 38.8 Å². The van der Waals surface area contributed by atoms with Crippen LogP contribution in [0.3, 0.4) is 0 Å². The molecule has 1 fully saturated rings. The van der Waals surface area contributed by atoms with Crippen LogP contribution in [0.2, 0.25) is 0 Å². The molecule has 23 heavy (non-hydrogen) atoms. The Morgan fingerprint density at radius 1 is 1.39 bits per heavy atom. The summed E-state index contributed by atoms with van der Waals surface area (Å²) in [5.74, 6) is 0.493. The Kier molecular flexibility index (Phi) is 4.40. The first kappa shape index (κ1) is 15.3. The zero-order valence-corrected chi connectivity index (χ0v) is 13.1. The molecule has 1 saturated heterocycles. The number of aromatic nitrogens is 2. The Bertz CT molecular complexity index is 728. The molecule has 3 rings (SSSR count). The summed E-state index contributed by atoms with van der Waals surface area (Å²) in [4.78, 5) is 13.4. The number of hydrogen-bond acceptors (Lipinski definition) is 4. The second kappa shape index (κ2) is 6.63. The van der Waals surface area contributed by atoms with Crippen LogP contribution in [-0.4, -0.2) is 33.7 Å². The summed E-state index contributed by atoms with van der Waals surface area (Å²) in [6.45, 7) is 4.30. The fraction of sp³-hybridized carbons (Fsp3) is 0.353. The van der Waals surface area contributed by atoms with E-state index in [2.05, 4.69) is 21.4 Å². The second-order valence-corrected chi connectivity index (χ2v) is 5.85. The van der Waals surface area contributed by atoms with Crippen molar-refractivity contribution in [1.29, 1.82) is 5.26 Å². The first-order valence-corrected chi connectivity index (χ1v) is 7.68. The smallest absolute Gasteiger partial charge is 0.222 e. The summed E-state index contributed by atoms with van der Waals surface area (Å²) >= 11 is 0. The van der Waals surface area contributed by atoms with Gasteiger partial charge >= 0.3 is 0 Å². The third-order valence-corrected chi connectivity index (χ3v) is 4.02. The van der Waals surface area contributed by atoms with Crippen LogP contribution in [0.4, 0.5) is 5.82 Å². The van der Waals surface area contributed by atoms with Crippen molar-refractivity contribution >= 4 is 11.7 Å². The molecule has 0 radical (unpaired) electrons. The first-order valence-electron chi connectivity index (χ1n) is 7.68. The van der Waals surface area contributed by atoms with Crippen LogP contribution >= 0.6 is 0 Å². The van der Waals surface area contributed by atoms with E-state index in [1.807, 2.05) is 41.2 Å². The number of nitrogens with zero attached hydrogens (tertiary/aromatic N) is 4. The Labute approximate surface area is 135 Å². The number of benzene rings is 1. The van der Waals surface area contributed by atoms with Gasteiger partial charge in [-0.3, -0.25) is 14.4 Å². The van der Waals surface area contributed by atoms with E-state index in [1.165, 1.54) is 12.5 Å². The molecule has 1 N–H and O–H groups in total. The number of hydrogen-bond donors (Lipinski definition) is 1. The molecule has 1 aromatic carbocycles. The highest BCUT2D eigenvalue weighted by Gasteiger charge is 2.24. The quantitative estimate of drug-likeness (QED) is 0.939. The molecule has 1 amide bonds. The highest BCUT2D eigenvalue weighted by molar-refractivity contribution is 5.87. The molecule has 2 aromatic rings. The number of likely N-dealkylation sites (tertiary alicyclic amines) is 1. The van der Waals surface area contributed by atoms with Crippen LogP contribution in [0, 0.1) is 11.3 Å². The van der Waals surface area contributed by atoms with E-state index in [0.29, 0.717) is 17.4 Å². The highest BCUT2D eigenvalue weighted by Crippen LogP contribution is 2.23. The van der Waals surface area contributed by atoms with Crippen molar-refractivity contribution in [2.75, 3.05) is 18.4 Å². The van der Waals surface area contributed by atoms with Crippen LogP contribution in [-0.2, 0) is 11.3 Å². The molecular weight excluding hydrogens is 290 g/mol. The number of nitrogens with one attached hydrogen (secondary N) is 1. The highest BCUT2D eigenvalue weighted by atomic mass is 16.1. The lowest BCUT2D eigenvalue weighted by molar-refractivity contribution is -0.114. The maximum Gasteiger partial charge on any atom is 0.222 e. The van der Waals surface area contributed by atoms with Crippen molar-refractivity contribution in [2.45, 2.75) is 25.9 Å². The Morgan fingerprint density at radius 2 is 2.17 bits per heavy atom. The number of anilines is 1. The van der Waals surface area contributed by atoms with Crippen molar-refractivity contribution in [3.8, 4) is 6.07 Å². The normalized spacial score (nSPS) is 17.8. The maximum absolute atomic E-state index is 11.1. The van der Waals surface area contributed by atoms with Crippen LogP contribution in [0.1, 0.15) is 30.5 Å². The Morgan fingerprint density at radius 3 is 2.87 bits per heavy atom. The van der Waals surface area contributed by atoms with Crippen LogP contribution in [0.15, 0.2) is 36.5 Å². The second-order valence-electron chi connectivity index (χ2n) is 5.85. The average Bonchev–Trinajstić information content (AvgIpc) is 3.17. The van der Waals surface area contributed by atoms with Gasteiger partial charge in [-0.05, 0) is 24.1 Å². The third kappa shape index (κ3) is 3.76. The van der Waals surface area contributed by atoms with E-state index in [-0.39, 0.29) is 5.91 Å². The minimum atomic E-state index is -0.107. The van der Waals surface area contributed by atoms with Crippen molar-refractivity contribution in [3.63, 3.8) is 0 Å². The van der Waals surface area contributed by atoms with E-state index in [9.17, 15) is 4.79 Å². The summed E-state index contributed by atoms with van der Waals surface area (Å²) < 4.78 is 1.93. The van der Waals surface area contributed by atoms with Crippen molar-refractivity contribution in [3.05, 3.63) is 47.7 Å². The van der Waals surface area contributed by atoms with E-state index < -0.39 is 0 Å². The first-order chi connectivity index (χ1) is 11.1. The molecular formula is C17H19N5O. The fourth-order valence-corrected chi connectivity index (χ4v) is 2.90. The van der Waals surface area contributed by atoms with Gasteiger partial charge in [-0.15, -0.1) is 0 Å². The van der Waals surface area contributed by atoms with Crippen LogP contribution in [0.25, 0.3) is 0 Å². The lowest BCUT2D eigenvalue weighted by atomic mass is 10.1. The molecule has 118 valence electrons. The molecule has 0 bridgehead atoms. The minimum Gasteiger partial charge on any atom is -0.309 e. The predicted molar refractivity (Wildman–Crippen MR) is 86.6 cm³/mol. The van der Waals surface area contributed by atoms with E-state index in [1.54, 1.807) is 0 Å². The van der Waals surface area contributed by atoms with Crippen molar-refractivity contribution in [1.82, 2.24) is 14.7 Å². The molecule has 1 aliphatic rings. The number of amides is 1. The molecule has 6 heteroatoms. The van der Waals surface area contributed by atoms with Crippen LogP contribution < -0.4 is 5.32 Å². The molecule has 0 aliphatic carbocycles. The van der Waals surface area contributed by atoms with Gasteiger partial charge in [0.25, 0.3) is 0 Å². The Hall–Kier alpha value is -2.65. The standard InChI is InChI=1S/C17H19N5O/c1-13(23)19-17-7-9-22(20-17)16-6-8-21(12-16)11-15-4-2-14(10-18)3-5-15/h2-5,7,9,16H,6,8,11-12H2,1H3,(H,19,20,23)/t16-/m0/s1. The number of carbonyl (C=O) groups is 1. The monoisotopic (exact) mass is 309 g/mol. The van der Waals surface area contributed by atoms with Gasteiger partial charge < -0.3 is 5.32 Å². The SMILES string of the molecule is CC(=O)Nc1ccn([C@H]2CCN(Cc3ccc(C#N)cc3)C2)n1.